The Morgan fingerprint density at radius 3 is 2.59 bits per heavy atom. The van der Waals surface area contributed by atoms with Crippen molar-refractivity contribution in [3.05, 3.63) is 32.4 Å². The van der Waals surface area contributed by atoms with Crippen molar-refractivity contribution in [1.82, 2.24) is 19.6 Å². The Bertz CT molecular complexity index is 536. The van der Waals surface area contributed by atoms with Crippen molar-refractivity contribution in [3.63, 3.8) is 0 Å². The van der Waals surface area contributed by atoms with Crippen molar-refractivity contribution in [2.45, 2.75) is 19.6 Å². The van der Waals surface area contributed by atoms with Gasteiger partial charge in [0, 0.05) is 37.1 Å². The van der Waals surface area contributed by atoms with Crippen LogP contribution in [0, 0.1) is 3.70 Å². The van der Waals surface area contributed by atoms with Crippen molar-refractivity contribution in [2.24, 2.45) is 7.05 Å². The number of nitrogens with zero attached hydrogens (tertiary/aromatic N) is 4. The van der Waals surface area contributed by atoms with E-state index in [-0.39, 0.29) is 0 Å². The molecule has 17 heavy (non-hydrogen) atoms. The first-order valence-electron chi connectivity index (χ1n) is 5.13. The first-order valence-corrected chi connectivity index (χ1v) is 6.58. The van der Waals surface area contributed by atoms with Crippen molar-refractivity contribution < 1.29 is 5.11 Å². The number of halogens is 2. The minimum absolute atomic E-state index is 0.332. The molecule has 2 rings (SSSR count). The third-order valence-corrected chi connectivity index (χ3v) is 3.60. The Hall–Kier alpha value is -0.600. The Kier molecular flexibility index (Phi) is 3.74. The molecule has 2 aromatic heterocycles. The highest BCUT2D eigenvalue weighted by Crippen LogP contribution is 2.29. The smallest absolute Gasteiger partial charge is 0.157 e. The third kappa shape index (κ3) is 2.48. The molecule has 1 atom stereocenters. The molecule has 1 N–H and O–H groups in total. The van der Waals surface area contributed by atoms with E-state index in [2.05, 4.69) is 32.8 Å². The summed E-state index contributed by atoms with van der Waals surface area (Å²) in [4.78, 5) is 0. The number of aryl methyl sites for hydroxylation is 2. The highest BCUT2D eigenvalue weighted by atomic mass is 127. The summed E-state index contributed by atoms with van der Waals surface area (Å²) in [5.41, 5.74) is 1.35. The van der Waals surface area contributed by atoms with Gasteiger partial charge in [-0.2, -0.15) is 10.2 Å². The van der Waals surface area contributed by atoms with Crippen molar-refractivity contribution >= 4 is 34.2 Å². The zero-order valence-electron chi connectivity index (χ0n) is 9.43. The number of aliphatic hydroxyl groups excluding tert-OH is 1. The lowest BCUT2D eigenvalue weighted by atomic mass is 10.1. The molecule has 0 fully saturated rings. The van der Waals surface area contributed by atoms with Gasteiger partial charge in [0.1, 0.15) is 9.80 Å². The van der Waals surface area contributed by atoms with Gasteiger partial charge in [-0.1, -0.05) is 11.6 Å². The highest BCUT2D eigenvalue weighted by molar-refractivity contribution is 14.1. The minimum atomic E-state index is -0.789. The average Bonchev–Trinajstić information content (AvgIpc) is 2.81. The third-order valence-electron chi connectivity index (χ3n) is 2.47. The summed E-state index contributed by atoms with van der Waals surface area (Å²) in [6.45, 7) is 2.68. The summed E-state index contributed by atoms with van der Waals surface area (Å²) >= 11 is 8.09. The van der Waals surface area contributed by atoms with Gasteiger partial charge in [0.05, 0.1) is 0 Å². The van der Waals surface area contributed by atoms with E-state index in [1.807, 2.05) is 14.0 Å². The van der Waals surface area contributed by atoms with Gasteiger partial charge in [0.15, 0.2) is 5.15 Å². The predicted molar refractivity (Wildman–Crippen MR) is 72.9 cm³/mol. The van der Waals surface area contributed by atoms with Crippen LogP contribution in [0.2, 0.25) is 5.15 Å². The van der Waals surface area contributed by atoms with E-state index in [9.17, 15) is 5.11 Å². The van der Waals surface area contributed by atoms with Crippen LogP contribution in [0.3, 0.4) is 0 Å². The van der Waals surface area contributed by atoms with Gasteiger partial charge in [-0.15, -0.1) is 0 Å². The van der Waals surface area contributed by atoms with Gasteiger partial charge in [-0.25, -0.2) is 0 Å². The fourth-order valence-electron chi connectivity index (χ4n) is 1.59. The number of rotatable bonds is 3. The second-order valence-corrected chi connectivity index (χ2v) is 5.06. The summed E-state index contributed by atoms with van der Waals surface area (Å²) in [7, 11) is 1.81. The number of aromatic nitrogens is 4. The van der Waals surface area contributed by atoms with Gasteiger partial charge in [-0.3, -0.25) is 9.36 Å². The molecule has 7 heteroatoms. The first-order chi connectivity index (χ1) is 8.02. The number of hydrogen-bond donors (Lipinski definition) is 1. The van der Waals surface area contributed by atoms with E-state index < -0.39 is 6.10 Å². The maximum absolute atomic E-state index is 10.3. The van der Waals surface area contributed by atoms with E-state index >= 15 is 0 Å². The maximum Gasteiger partial charge on any atom is 0.157 e. The van der Waals surface area contributed by atoms with Crippen LogP contribution in [0.15, 0.2) is 12.4 Å². The van der Waals surface area contributed by atoms with E-state index in [1.54, 1.807) is 21.8 Å². The average molecular weight is 367 g/mol. The molecule has 5 nitrogen and oxygen atoms in total. The van der Waals surface area contributed by atoms with Crippen molar-refractivity contribution in [3.8, 4) is 0 Å². The molecule has 0 radical (unpaired) electrons. The summed E-state index contributed by atoms with van der Waals surface area (Å²) in [5, 5.41) is 18.9. The van der Waals surface area contributed by atoms with Crippen LogP contribution in [0.1, 0.15) is 24.2 Å². The quantitative estimate of drug-likeness (QED) is 0.845. The Morgan fingerprint density at radius 2 is 2.12 bits per heavy atom. The van der Waals surface area contributed by atoms with Crippen LogP contribution in [-0.2, 0) is 13.6 Å². The fourth-order valence-corrected chi connectivity index (χ4v) is 2.61. The first kappa shape index (κ1) is 12.8. The van der Waals surface area contributed by atoms with Crippen molar-refractivity contribution in [1.29, 1.82) is 0 Å². The van der Waals surface area contributed by atoms with Crippen LogP contribution >= 0.6 is 34.2 Å². The molecule has 2 heterocycles. The SMILES string of the molecule is CCn1cc(C(O)c2cn(C)nc2I)c(Cl)n1. The summed E-state index contributed by atoms with van der Waals surface area (Å²) in [6, 6.07) is 0. The van der Waals surface area contributed by atoms with Crippen LogP contribution in [0.5, 0.6) is 0 Å². The molecule has 0 amide bonds. The molecule has 0 saturated carbocycles. The Morgan fingerprint density at radius 1 is 1.41 bits per heavy atom. The molecule has 92 valence electrons. The molecular formula is C10H12ClIN4O. The largest absolute Gasteiger partial charge is 0.383 e. The maximum atomic E-state index is 10.3. The van der Waals surface area contributed by atoms with E-state index in [4.69, 9.17) is 11.6 Å². The molecule has 0 bridgehead atoms. The lowest BCUT2D eigenvalue weighted by Crippen LogP contribution is -2.00. The fraction of sp³-hybridized carbons (Fsp3) is 0.400. The lowest BCUT2D eigenvalue weighted by molar-refractivity contribution is 0.219. The summed E-state index contributed by atoms with van der Waals surface area (Å²) in [5.74, 6) is 0. The number of hydrogen-bond acceptors (Lipinski definition) is 3. The van der Waals surface area contributed by atoms with Crippen LogP contribution in [-0.4, -0.2) is 24.7 Å². The molecule has 0 aliphatic rings. The molecule has 1 unspecified atom stereocenters. The Labute approximate surface area is 118 Å². The summed E-state index contributed by atoms with van der Waals surface area (Å²) < 4.78 is 4.13. The number of aliphatic hydroxyl groups is 1. The zero-order chi connectivity index (χ0) is 12.6. The Balaban J connectivity index is 2.39. The molecule has 0 spiro atoms. The normalized spacial score (nSPS) is 13.0. The molecule has 0 aliphatic heterocycles. The van der Waals surface area contributed by atoms with Crippen LogP contribution < -0.4 is 0 Å². The lowest BCUT2D eigenvalue weighted by Gasteiger charge is -2.06. The van der Waals surface area contributed by atoms with E-state index in [0.717, 1.165) is 15.8 Å². The molecule has 0 aromatic carbocycles. The highest BCUT2D eigenvalue weighted by Gasteiger charge is 2.21. The van der Waals surface area contributed by atoms with E-state index in [1.165, 1.54) is 0 Å². The molecule has 2 aromatic rings. The molecular weight excluding hydrogens is 354 g/mol. The van der Waals surface area contributed by atoms with Gasteiger partial charge >= 0.3 is 0 Å². The van der Waals surface area contributed by atoms with Gasteiger partial charge in [0.25, 0.3) is 0 Å². The summed E-state index contributed by atoms with van der Waals surface area (Å²) in [6.07, 6.45) is 2.76. The van der Waals surface area contributed by atoms with Crippen molar-refractivity contribution in [2.75, 3.05) is 0 Å². The van der Waals surface area contributed by atoms with Crippen LogP contribution in [0.25, 0.3) is 0 Å². The topological polar surface area (TPSA) is 55.9 Å². The zero-order valence-corrected chi connectivity index (χ0v) is 12.3. The standard InChI is InChI=1S/C10H12ClIN4O/c1-3-16-5-6(9(11)13-16)8(17)7-4-15(2)14-10(7)12/h4-5,8,17H,3H2,1-2H3. The van der Waals surface area contributed by atoms with Gasteiger partial charge < -0.3 is 5.11 Å². The van der Waals surface area contributed by atoms with Gasteiger partial charge in [0.2, 0.25) is 0 Å². The monoisotopic (exact) mass is 366 g/mol. The molecule has 0 saturated heterocycles. The van der Waals surface area contributed by atoms with Crippen LogP contribution in [0.4, 0.5) is 0 Å². The van der Waals surface area contributed by atoms with Gasteiger partial charge in [-0.05, 0) is 29.5 Å². The second-order valence-electron chi connectivity index (χ2n) is 3.68. The second kappa shape index (κ2) is 4.95. The molecule has 0 aliphatic carbocycles. The van der Waals surface area contributed by atoms with E-state index in [0.29, 0.717) is 10.7 Å². The predicted octanol–water partition coefficient (Wildman–Crippen LogP) is 1.98. The minimum Gasteiger partial charge on any atom is -0.383 e.